The molecule has 29 heavy (non-hydrogen) atoms. The number of pyridine rings is 1. The van der Waals surface area contributed by atoms with E-state index in [-0.39, 0.29) is 0 Å². The summed E-state index contributed by atoms with van der Waals surface area (Å²) in [5, 5.41) is 8.62. The minimum Gasteiger partial charge on any atom is -0.402 e. The van der Waals surface area contributed by atoms with E-state index in [9.17, 15) is 4.21 Å². The molecule has 2 fully saturated rings. The molecule has 2 aliphatic heterocycles. The Hall–Kier alpha value is -2.47. The normalized spacial score (nSPS) is 25.1. The number of nitrogens with zero attached hydrogens (tertiary/aromatic N) is 2. The molecule has 1 spiro atoms. The average Bonchev–Trinajstić information content (AvgIpc) is 3.15. The smallest absolute Gasteiger partial charge is 0.0708 e. The van der Waals surface area contributed by atoms with Gasteiger partial charge >= 0.3 is 0 Å². The molecule has 2 aliphatic rings. The zero-order valence-corrected chi connectivity index (χ0v) is 17.7. The molecule has 4 rings (SSSR count). The summed E-state index contributed by atoms with van der Waals surface area (Å²) in [6.07, 6.45) is 6.74. The maximum atomic E-state index is 11.7. The highest BCUT2D eigenvalue weighted by molar-refractivity contribution is 7.85. The molecule has 0 aliphatic carbocycles. The fraction of sp³-hybridized carbons (Fsp3) is 0.391. The number of aromatic nitrogens is 1. The third kappa shape index (κ3) is 4.13. The molecular weight excluding hydrogens is 380 g/mol. The Bertz CT molecular complexity index is 939. The van der Waals surface area contributed by atoms with Gasteiger partial charge in [0.1, 0.15) is 0 Å². The summed E-state index contributed by atoms with van der Waals surface area (Å²) in [7, 11) is -0.611. The van der Waals surface area contributed by atoms with Crippen molar-refractivity contribution in [1.29, 1.82) is 5.41 Å². The molecule has 6 heteroatoms. The molecule has 1 aromatic carbocycles. The highest BCUT2D eigenvalue weighted by Gasteiger charge is 2.40. The Kier molecular flexibility index (Phi) is 5.54. The van der Waals surface area contributed by atoms with E-state index in [0.29, 0.717) is 16.8 Å². The average molecular weight is 409 g/mol. The second-order valence-electron chi connectivity index (χ2n) is 8.24. The predicted molar refractivity (Wildman–Crippen MR) is 121 cm³/mol. The number of hydrogen-bond acceptors (Lipinski definition) is 5. The van der Waals surface area contributed by atoms with Gasteiger partial charge in [-0.05, 0) is 61.4 Å². The lowest BCUT2D eigenvalue weighted by Crippen LogP contribution is -2.34. The number of nitrogens with two attached hydrogens (primary N) is 1. The third-order valence-electron chi connectivity index (χ3n) is 6.29. The van der Waals surface area contributed by atoms with Crippen molar-refractivity contribution in [3.8, 4) is 0 Å². The molecule has 0 saturated carbocycles. The third-order valence-corrected chi connectivity index (χ3v) is 7.61. The molecule has 0 unspecified atom stereocenters. The van der Waals surface area contributed by atoms with Crippen molar-refractivity contribution in [2.75, 3.05) is 29.5 Å². The van der Waals surface area contributed by atoms with Gasteiger partial charge in [-0.25, -0.2) is 0 Å². The molecule has 5 nitrogen and oxygen atoms in total. The molecule has 152 valence electrons. The summed E-state index contributed by atoms with van der Waals surface area (Å²) >= 11 is 0. The van der Waals surface area contributed by atoms with E-state index in [4.69, 9.17) is 11.1 Å². The number of rotatable bonds is 4. The number of allylic oxidation sites excluding steroid dienone is 2. The number of anilines is 1. The fourth-order valence-electron chi connectivity index (χ4n) is 4.52. The van der Waals surface area contributed by atoms with Gasteiger partial charge in [-0.15, -0.1) is 0 Å². The van der Waals surface area contributed by atoms with Crippen LogP contribution in [0.25, 0.3) is 5.57 Å². The first-order chi connectivity index (χ1) is 14.0. The van der Waals surface area contributed by atoms with Gasteiger partial charge in [0.05, 0.1) is 5.71 Å². The summed E-state index contributed by atoms with van der Waals surface area (Å²) in [4.78, 5) is 6.48. The predicted octanol–water partition coefficient (Wildman–Crippen LogP) is 3.58. The van der Waals surface area contributed by atoms with Crippen LogP contribution in [0.5, 0.6) is 0 Å². The van der Waals surface area contributed by atoms with E-state index in [2.05, 4.69) is 34.1 Å². The Morgan fingerprint density at radius 1 is 1.07 bits per heavy atom. The summed E-state index contributed by atoms with van der Waals surface area (Å²) in [6.45, 7) is 3.95. The van der Waals surface area contributed by atoms with E-state index < -0.39 is 10.8 Å². The summed E-state index contributed by atoms with van der Waals surface area (Å²) in [6, 6.07) is 12.1. The molecular formula is C23H28N4OS. The lowest BCUT2D eigenvalue weighted by Gasteiger charge is -2.33. The highest BCUT2D eigenvalue weighted by Crippen LogP contribution is 2.42. The van der Waals surface area contributed by atoms with Crippen LogP contribution in [0.1, 0.15) is 37.3 Å². The maximum absolute atomic E-state index is 11.7. The Morgan fingerprint density at radius 3 is 2.34 bits per heavy atom. The molecule has 2 saturated heterocycles. The minimum atomic E-state index is -0.611. The molecule has 2 aromatic rings. The van der Waals surface area contributed by atoms with Crippen LogP contribution in [0.15, 0.2) is 54.5 Å². The zero-order chi connectivity index (χ0) is 20.4. The highest BCUT2D eigenvalue weighted by atomic mass is 32.2. The largest absolute Gasteiger partial charge is 0.402 e. The number of nitrogens with one attached hydrogen (secondary N) is 1. The van der Waals surface area contributed by atoms with Crippen molar-refractivity contribution in [3.05, 3.63) is 65.6 Å². The maximum Gasteiger partial charge on any atom is 0.0708 e. The second-order valence-corrected chi connectivity index (χ2v) is 9.93. The quantitative estimate of drug-likeness (QED) is 0.758. The molecule has 3 heterocycles. The van der Waals surface area contributed by atoms with E-state index in [0.717, 1.165) is 54.1 Å². The summed E-state index contributed by atoms with van der Waals surface area (Å²) < 4.78 is 11.7. The lowest BCUT2D eigenvalue weighted by molar-refractivity contribution is 0.296. The van der Waals surface area contributed by atoms with Crippen molar-refractivity contribution >= 4 is 27.8 Å². The first-order valence-electron chi connectivity index (χ1n) is 10.1. The van der Waals surface area contributed by atoms with Crippen LogP contribution in [-0.4, -0.2) is 39.5 Å². The summed E-state index contributed by atoms with van der Waals surface area (Å²) in [5.74, 6) is 1.71. The van der Waals surface area contributed by atoms with Crippen molar-refractivity contribution in [2.24, 2.45) is 11.1 Å². The molecule has 3 N–H and O–H groups in total. The van der Waals surface area contributed by atoms with E-state index in [1.54, 1.807) is 12.4 Å². The Balaban J connectivity index is 1.52. The number of hydrogen-bond donors (Lipinski definition) is 2. The lowest BCUT2D eigenvalue weighted by atomic mass is 9.81. The molecule has 0 atom stereocenters. The van der Waals surface area contributed by atoms with Crippen molar-refractivity contribution < 1.29 is 4.21 Å². The Labute approximate surface area is 175 Å². The summed E-state index contributed by atoms with van der Waals surface area (Å²) in [5.41, 5.74) is 11.3. The fourth-order valence-corrected chi connectivity index (χ4v) is 6.05. The van der Waals surface area contributed by atoms with Crippen LogP contribution >= 0.6 is 0 Å². The van der Waals surface area contributed by atoms with Crippen LogP contribution in [0.4, 0.5) is 5.69 Å². The topological polar surface area (TPSA) is 83.1 Å². The molecule has 0 radical (unpaired) electrons. The van der Waals surface area contributed by atoms with E-state index >= 15 is 0 Å². The van der Waals surface area contributed by atoms with Crippen molar-refractivity contribution in [2.45, 2.75) is 26.2 Å². The van der Waals surface area contributed by atoms with Gasteiger partial charge in [0, 0.05) is 70.3 Å². The van der Waals surface area contributed by atoms with Crippen LogP contribution in [0.2, 0.25) is 0 Å². The van der Waals surface area contributed by atoms with E-state index in [1.165, 1.54) is 12.1 Å². The van der Waals surface area contributed by atoms with Crippen LogP contribution in [0.3, 0.4) is 0 Å². The molecule has 1 aromatic heterocycles. The van der Waals surface area contributed by atoms with Gasteiger partial charge in [-0.3, -0.25) is 14.6 Å². The van der Waals surface area contributed by atoms with Gasteiger partial charge in [0.15, 0.2) is 0 Å². The van der Waals surface area contributed by atoms with E-state index in [1.807, 2.05) is 19.1 Å². The van der Waals surface area contributed by atoms with Gasteiger partial charge in [-0.1, -0.05) is 12.1 Å². The zero-order valence-electron chi connectivity index (χ0n) is 16.9. The SMILES string of the molecule is C/C(N)=C(/C(=N)c1ccncc1)c1ccc(N2CCC3(CCS(=O)CC3)C2)cc1. The molecule has 0 amide bonds. The van der Waals surface area contributed by atoms with Crippen molar-refractivity contribution in [3.63, 3.8) is 0 Å². The van der Waals surface area contributed by atoms with Crippen molar-refractivity contribution in [1.82, 2.24) is 4.98 Å². The number of benzene rings is 1. The van der Waals surface area contributed by atoms with Gasteiger partial charge < -0.3 is 10.6 Å². The minimum absolute atomic E-state index is 0.342. The van der Waals surface area contributed by atoms with Crippen LogP contribution in [-0.2, 0) is 10.8 Å². The monoisotopic (exact) mass is 408 g/mol. The standard InChI is InChI=1S/C23H28N4OS/c1-17(24)21(22(25)19-6-11-26-12-7-19)18-2-4-20(5-3-18)27-13-8-23(16-27)9-14-29(28)15-10-23/h2-7,11-12,25H,8-10,13-16,24H2,1H3/b21-17-,25-22?. The van der Waals surface area contributed by atoms with Gasteiger partial charge in [0.25, 0.3) is 0 Å². The van der Waals surface area contributed by atoms with Gasteiger partial charge in [-0.2, -0.15) is 0 Å². The first kappa shape index (κ1) is 19.8. The second kappa shape index (κ2) is 8.11. The molecule has 0 bridgehead atoms. The van der Waals surface area contributed by atoms with Gasteiger partial charge in [0.2, 0.25) is 0 Å². The van der Waals surface area contributed by atoms with Crippen LogP contribution < -0.4 is 10.6 Å². The first-order valence-corrected chi connectivity index (χ1v) is 11.6. The van der Waals surface area contributed by atoms with Crippen LogP contribution in [0, 0.1) is 10.8 Å². The Morgan fingerprint density at radius 2 is 1.72 bits per heavy atom.